The number of nitrogens with one attached hydrogen (secondary N) is 1. The van der Waals surface area contributed by atoms with Crippen LogP contribution < -0.4 is 5.32 Å². The molecule has 0 bridgehead atoms. The van der Waals surface area contributed by atoms with Gasteiger partial charge in [-0.1, -0.05) is 26.0 Å². The van der Waals surface area contributed by atoms with Gasteiger partial charge in [-0.05, 0) is 36.5 Å². The van der Waals surface area contributed by atoms with E-state index in [4.69, 9.17) is 5.11 Å². The molecule has 0 saturated carbocycles. The molecule has 0 aromatic heterocycles. The van der Waals surface area contributed by atoms with Crippen LogP contribution in [0.1, 0.15) is 38.2 Å². The van der Waals surface area contributed by atoms with Gasteiger partial charge in [0, 0.05) is 18.8 Å². The van der Waals surface area contributed by atoms with E-state index in [1.54, 1.807) is 4.90 Å². The maximum absolute atomic E-state index is 12.2. The van der Waals surface area contributed by atoms with Gasteiger partial charge in [0.15, 0.2) is 0 Å². The minimum Gasteiger partial charge on any atom is -0.481 e. The maximum Gasteiger partial charge on any atom is 0.321 e. The number of piperidine rings is 1. The second-order valence-corrected chi connectivity index (χ2v) is 5.83. The van der Waals surface area contributed by atoms with Crippen LogP contribution in [-0.4, -0.2) is 35.1 Å². The normalized spacial score (nSPS) is 18.6. The summed E-state index contributed by atoms with van der Waals surface area (Å²) < 4.78 is 0. The number of nitrogens with zero attached hydrogens (tertiary/aromatic N) is 1. The summed E-state index contributed by atoms with van der Waals surface area (Å²) >= 11 is 0. The van der Waals surface area contributed by atoms with E-state index in [9.17, 15) is 9.59 Å². The molecule has 1 aliphatic heterocycles. The molecule has 21 heavy (non-hydrogen) atoms. The fourth-order valence-electron chi connectivity index (χ4n) is 2.54. The number of carboxylic acid groups (broad SMARTS) is 1. The maximum atomic E-state index is 12.2. The van der Waals surface area contributed by atoms with Crippen LogP contribution in [0.15, 0.2) is 24.3 Å². The molecule has 1 atom stereocenters. The Kier molecular flexibility index (Phi) is 4.83. The van der Waals surface area contributed by atoms with Crippen molar-refractivity contribution < 1.29 is 14.7 Å². The van der Waals surface area contributed by atoms with Gasteiger partial charge in [-0.2, -0.15) is 0 Å². The van der Waals surface area contributed by atoms with Gasteiger partial charge in [-0.3, -0.25) is 4.79 Å². The van der Waals surface area contributed by atoms with Crippen molar-refractivity contribution in [3.05, 3.63) is 29.8 Å². The molecule has 0 spiro atoms. The third-order valence-electron chi connectivity index (χ3n) is 3.86. The first kappa shape index (κ1) is 15.4. The molecule has 1 aromatic rings. The monoisotopic (exact) mass is 290 g/mol. The summed E-state index contributed by atoms with van der Waals surface area (Å²) in [5.41, 5.74) is 1.92. The first-order valence-electron chi connectivity index (χ1n) is 7.36. The SMILES string of the molecule is CC(C)c1cccc(NC(=O)N2CCC[C@@H](C(=O)O)C2)c1. The van der Waals surface area contributed by atoms with Crippen LogP contribution in [0.4, 0.5) is 10.5 Å². The molecule has 0 radical (unpaired) electrons. The fourth-order valence-corrected chi connectivity index (χ4v) is 2.54. The molecule has 1 aromatic carbocycles. The molecule has 5 heteroatoms. The summed E-state index contributed by atoms with van der Waals surface area (Å²) in [6, 6.07) is 7.54. The molecule has 2 rings (SSSR count). The van der Waals surface area contributed by atoms with Crippen molar-refractivity contribution in [2.24, 2.45) is 5.92 Å². The lowest BCUT2D eigenvalue weighted by Gasteiger charge is -2.30. The Morgan fingerprint density at radius 2 is 2.14 bits per heavy atom. The molecule has 1 heterocycles. The van der Waals surface area contributed by atoms with Crippen LogP contribution in [-0.2, 0) is 4.79 Å². The Bertz CT molecular complexity index is 528. The number of carboxylic acids is 1. The lowest BCUT2D eigenvalue weighted by molar-refractivity contribution is -0.143. The van der Waals surface area contributed by atoms with Gasteiger partial charge in [0.1, 0.15) is 0 Å². The number of rotatable bonds is 3. The number of aliphatic carboxylic acids is 1. The molecular formula is C16H22N2O3. The smallest absolute Gasteiger partial charge is 0.321 e. The van der Waals surface area contributed by atoms with Crippen molar-refractivity contribution in [1.82, 2.24) is 4.90 Å². The van der Waals surface area contributed by atoms with Gasteiger partial charge >= 0.3 is 12.0 Å². The van der Waals surface area contributed by atoms with E-state index >= 15 is 0 Å². The molecule has 114 valence electrons. The number of hydrogen-bond donors (Lipinski definition) is 2. The van der Waals surface area contributed by atoms with Gasteiger partial charge in [0.2, 0.25) is 0 Å². The van der Waals surface area contributed by atoms with Crippen molar-refractivity contribution in [3.8, 4) is 0 Å². The summed E-state index contributed by atoms with van der Waals surface area (Å²) in [7, 11) is 0. The lowest BCUT2D eigenvalue weighted by Crippen LogP contribution is -2.44. The van der Waals surface area contributed by atoms with Gasteiger partial charge in [-0.25, -0.2) is 4.79 Å². The van der Waals surface area contributed by atoms with E-state index < -0.39 is 11.9 Å². The van der Waals surface area contributed by atoms with E-state index in [1.165, 1.54) is 0 Å². The van der Waals surface area contributed by atoms with Crippen molar-refractivity contribution in [2.75, 3.05) is 18.4 Å². The molecule has 1 fully saturated rings. The van der Waals surface area contributed by atoms with Crippen molar-refractivity contribution in [1.29, 1.82) is 0 Å². The Morgan fingerprint density at radius 1 is 1.38 bits per heavy atom. The first-order valence-corrected chi connectivity index (χ1v) is 7.36. The highest BCUT2D eigenvalue weighted by Gasteiger charge is 2.28. The molecule has 0 aliphatic carbocycles. The molecule has 1 saturated heterocycles. The zero-order chi connectivity index (χ0) is 15.4. The zero-order valence-electron chi connectivity index (χ0n) is 12.5. The Labute approximate surface area is 125 Å². The second kappa shape index (κ2) is 6.61. The number of carbonyl (C=O) groups is 2. The number of benzene rings is 1. The van der Waals surface area contributed by atoms with Crippen LogP contribution in [0, 0.1) is 5.92 Å². The van der Waals surface area contributed by atoms with Crippen molar-refractivity contribution in [2.45, 2.75) is 32.6 Å². The Morgan fingerprint density at radius 3 is 2.81 bits per heavy atom. The molecule has 5 nitrogen and oxygen atoms in total. The van der Waals surface area contributed by atoms with E-state index in [-0.39, 0.29) is 12.6 Å². The van der Waals surface area contributed by atoms with Crippen LogP contribution in [0.3, 0.4) is 0 Å². The van der Waals surface area contributed by atoms with E-state index in [1.807, 2.05) is 24.3 Å². The van der Waals surface area contributed by atoms with Crippen LogP contribution in [0.25, 0.3) is 0 Å². The van der Waals surface area contributed by atoms with Gasteiger partial charge in [0.25, 0.3) is 0 Å². The van der Waals surface area contributed by atoms with E-state index in [2.05, 4.69) is 19.2 Å². The highest BCUT2D eigenvalue weighted by molar-refractivity contribution is 5.89. The molecule has 0 unspecified atom stereocenters. The summed E-state index contributed by atoms with van der Waals surface area (Å²) in [4.78, 5) is 24.9. The highest BCUT2D eigenvalue weighted by atomic mass is 16.4. The van der Waals surface area contributed by atoms with E-state index in [0.717, 1.165) is 17.7 Å². The van der Waals surface area contributed by atoms with Crippen LogP contribution in [0.5, 0.6) is 0 Å². The largest absolute Gasteiger partial charge is 0.481 e. The number of amides is 2. The minimum atomic E-state index is -0.825. The quantitative estimate of drug-likeness (QED) is 0.898. The van der Waals surface area contributed by atoms with Crippen molar-refractivity contribution in [3.63, 3.8) is 0 Å². The number of likely N-dealkylation sites (tertiary alicyclic amines) is 1. The fraction of sp³-hybridized carbons (Fsp3) is 0.500. The van der Waals surface area contributed by atoms with Crippen molar-refractivity contribution >= 4 is 17.7 Å². The van der Waals surface area contributed by atoms with Gasteiger partial charge in [0.05, 0.1) is 5.92 Å². The Balaban J connectivity index is 2.01. The first-order chi connectivity index (χ1) is 9.97. The molecule has 2 N–H and O–H groups in total. The summed E-state index contributed by atoms with van der Waals surface area (Å²) in [6.45, 7) is 5.09. The molecular weight excluding hydrogens is 268 g/mol. The van der Waals surface area contributed by atoms with Gasteiger partial charge in [-0.15, -0.1) is 0 Å². The zero-order valence-corrected chi connectivity index (χ0v) is 12.5. The molecule has 2 amide bonds. The number of anilines is 1. The highest BCUT2D eigenvalue weighted by Crippen LogP contribution is 2.20. The third-order valence-corrected chi connectivity index (χ3v) is 3.86. The predicted molar refractivity (Wildman–Crippen MR) is 81.5 cm³/mol. The average molecular weight is 290 g/mol. The number of carbonyl (C=O) groups excluding carboxylic acids is 1. The lowest BCUT2D eigenvalue weighted by atomic mass is 9.99. The number of hydrogen-bond acceptors (Lipinski definition) is 2. The topological polar surface area (TPSA) is 69.6 Å². The number of urea groups is 1. The predicted octanol–water partition coefficient (Wildman–Crippen LogP) is 3.14. The summed E-state index contributed by atoms with van der Waals surface area (Å²) in [5.74, 6) is -0.881. The molecule has 1 aliphatic rings. The average Bonchev–Trinajstić information content (AvgIpc) is 2.47. The standard InChI is InChI=1S/C16H22N2O3/c1-11(2)12-5-3-7-14(9-12)17-16(21)18-8-4-6-13(10-18)15(19)20/h3,5,7,9,11,13H,4,6,8,10H2,1-2H3,(H,17,21)(H,19,20)/t13-/m1/s1. The third kappa shape index (κ3) is 3.97. The van der Waals surface area contributed by atoms with Crippen LogP contribution in [0.2, 0.25) is 0 Å². The minimum absolute atomic E-state index is 0.221. The second-order valence-electron chi connectivity index (χ2n) is 5.83. The summed E-state index contributed by atoms with van der Waals surface area (Å²) in [6.07, 6.45) is 1.37. The van der Waals surface area contributed by atoms with Crippen LogP contribution >= 0.6 is 0 Å². The summed E-state index contributed by atoms with van der Waals surface area (Å²) in [5, 5.41) is 11.9. The van der Waals surface area contributed by atoms with E-state index in [0.29, 0.717) is 18.9 Å². The Hall–Kier alpha value is -2.04. The van der Waals surface area contributed by atoms with Gasteiger partial charge < -0.3 is 15.3 Å².